The molecule has 2 amide bonds. The van der Waals surface area contributed by atoms with Gasteiger partial charge in [-0.2, -0.15) is 10.1 Å². The Balaban J connectivity index is 1.20. The SMILES string of the molecule is O=C1[C@H]2C3c4ccccc4C(c4ccccc43)[C@@H]2C(=O)N1/N=C\c1ccc(-c2ccc([N+](=O)[O-])cc2)o1. The van der Waals surface area contributed by atoms with E-state index in [1.54, 1.807) is 24.3 Å². The van der Waals surface area contributed by atoms with E-state index in [0.717, 1.165) is 27.3 Å². The molecule has 2 atom stereocenters. The van der Waals surface area contributed by atoms with Crippen LogP contribution in [0.2, 0.25) is 0 Å². The van der Waals surface area contributed by atoms with Crippen molar-refractivity contribution in [3.63, 3.8) is 0 Å². The van der Waals surface area contributed by atoms with Crippen molar-refractivity contribution in [1.82, 2.24) is 5.01 Å². The van der Waals surface area contributed by atoms with Crippen LogP contribution < -0.4 is 0 Å². The van der Waals surface area contributed by atoms with Crippen LogP contribution in [0.4, 0.5) is 5.69 Å². The maximum Gasteiger partial charge on any atom is 0.269 e. The van der Waals surface area contributed by atoms with Crippen molar-refractivity contribution >= 4 is 23.7 Å². The number of benzene rings is 3. The van der Waals surface area contributed by atoms with Gasteiger partial charge in [-0.3, -0.25) is 19.7 Å². The fourth-order valence-electron chi connectivity index (χ4n) is 6.21. The molecule has 4 aromatic rings. The maximum absolute atomic E-state index is 13.6. The quantitative estimate of drug-likeness (QED) is 0.172. The fraction of sp³-hybridized carbons (Fsp3) is 0.138. The molecule has 2 heterocycles. The largest absolute Gasteiger partial charge is 0.455 e. The zero-order valence-corrected chi connectivity index (χ0v) is 19.4. The van der Waals surface area contributed by atoms with Gasteiger partial charge in [-0.1, -0.05) is 48.5 Å². The van der Waals surface area contributed by atoms with Gasteiger partial charge in [0.25, 0.3) is 17.5 Å². The molecule has 1 aromatic heterocycles. The third-order valence-corrected chi connectivity index (χ3v) is 7.72. The van der Waals surface area contributed by atoms with Gasteiger partial charge in [-0.15, -0.1) is 0 Å². The van der Waals surface area contributed by atoms with Gasteiger partial charge in [0, 0.05) is 29.5 Å². The van der Waals surface area contributed by atoms with Gasteiger partial charge in [-0.05, 0) is 46.5 Å². The number of furan rings is 1. The predicted molar refractivity (Wildman–Crippen MR) is 134 cm³/mol. The van der Waals surface area contributed by atoms with Crippen LogP contribution in [-0.4, -0.2) is 28.0 Å². The van der Waals surface area contributed by atoms with E-state index in [9.17, 15) is 19.7 Å². The van der Waals surface area contributed by atoms with E-state index in [1.165, 1.54) is 18.3 Å². The highest BCUT2D eigenvalue weighted by Gasteiger charge is 2.61. The lowest BCUT2D eigenvalue weighted by Gasteiger charge is -2.45. The van der Waals surface area contributed by atoms with Gasteiger partial charge in [0.15, 0.2) is 0 Å². The van der Waals surface area contributed by atoms with E-state index in [-0.39, 0.29) is 29.3 Å². The number of nitrogens with zero attached hydrogens (tertiary/aromatic N) is 3. The summed E-state index contributed by atoms with van der Waals surface area (Å²) in [4.78, 5) is 37.6. The lowest BCUT2D eigenvalue weighted by molar-refractivity contribution is -0.384. The van der Waals surface area contributed by atoms with Gasteiger partial charge in [0.1, 0.15) is 11.5 Å². The van der Waals surface area contributed by atoms with Gasteiger partial charge in [-0.25, -0.2) is 0 Å². The van der Waals surface area contributed by atoms with Gasteiger partial charge < -0.3 is 4.42 Å². The standard InChI is InChI=1S/C29H19N3O5/c33-28-26-24-19-5-1-2-6-20(19)25(22-8-4-3-7-21(22)24)27(26)29(34)31(28)30-15-18-13-14-23(37-18)16-9-11-17(12-10-16)32(35)36/h1-15,24-27H/b30-15-/t24?,25?,26-,27-/m0/s1. The summed E-state index contributed by atoms with van der Waals surface area (Å²) >= 11 is 0. The average molecular weight is 489 g/mol. The zero-order chi connectivity index (χ0) is 25.3. The molecule has 0 saturated carbocycles. The molecule has 8 rings (SSSR count). The molecule has 3 aliphatic carbocycles. The Labute approximate surface area is 211 Å². The van der Waals surface area contributed by atoms with Crippen molar-refractivity contribution in [3.05, 3.63) is 123 Å². The molecule has 37 heavy (non-hydrogen) atoms. The highest BCUT2D eigenvalue weighted by molar-refractivity contribution is 6.08. The summed E-state index contributed by atoms with van der Waals surface area (Å²) in [5, 5.41) is 16.2. The van der Waals surface area contributed by atoms with E-state index < -0.39 is 16.8 Å². The molecule has 0 unspecified atom stereocenters. The lowest BCUT2D eigenvalue weighted by Crippen LogP contribution is -2.41. The van der Waals surface area contributed by atoms with Crippen molar-refractivity contribution in [2.75, 3.05) is 0 Å². The summed E-state index contributed by atoms with van der Waals surface area (Å²) in [6, 6.07) is 25.6. The van der Waals surface area contributed by atoms with Crippen molar-refractivity contribution in [2.45, 2.75) is 11.8 Å². The topological polar surface area (TPSA) is 106 Å². The second-order valence-electron chi connectivity index (χ2n) is 9.50. The second kappa shape index (κ2) is 7.83. The molecular formula is C29H19N3O5. The molecule has 1 fully saturated rings. The number of hydrogen-bond acceptors (Lipinski definition) is 6. The Kier molecular flexibility index (Phi) is 4.53. The molecule has 0 N–H and O–H groups in total. The Morgan fingerprint density at radius 1 is 0.757 bits per heavy atom. The number of hydrazone groups is 1. The summed E-state index contributed by atoms with van der Waals surface area (Å²) in [7, 11) is 0. The molecule has 1 saturated heterocycles. The molecule has 3 aromatic carbocycles. The Morgan fingerprint density at radius 3 is 1.76 bits per heavy atom. The highest BCUT2D eigenvalue weighted by atomic mass is 16.6. The Morgan fingerprint density at radius 2 is 1.27 bits per heavy atom. The van der Waals surface area contributed by atoms with Gasteiger partial charge in [0.2, 0.25) is 0 Å². The number of rotatable bonds is 4. The van der Waals surface area contributed by atoms with Crippen LogP contribution in [0.15, 0.2) is 94.4 Å². The van der Waals surface area contributed by atoms with Gasteiger partial charge >= 0.3 is 0 Å². The summed E-state index contributed by atoms with van der Waals surface area (Å²) < 4.78 is 5.81. The monoisotopic (exact) mass is 489 g/mol. The molecule has 0 spiro atoms. The van der Waals surface area contributed by atoms with E-state index in [1.807, 2.05) is 24.3 Å². The van der Waals surface area contributed by atoms with Crippen LogP contribution in [0, 0.1) is 22.0 Å². The Bertz CT molecular complexity index is 1520. The highest BCUT2D eigenvalue weighted by Crippen LogP contribution is 2.60. The van der Waals surface area contributed by atoms with Gasteiger partial charge in [0.05, 0.1) is 23.0 Å². The minimum absolute atomic E-state index is 0.0112. The van der Waals surface area contributed by atoms with E-state index in [2.05, 4.69) is 29.4 Å². The fourth-order valence-corrected chi connectivity index (χ4v) is 6.21. The summed E-state index contributed by atoms with van der Waals surface area (Å²) in [5.74, 6) is -1.10. The molecular weight excluding hydrogens is 470 g/mol. The number of non-ortho nitro benzene ring substituents is 1. The third kappa shape index (κ3) is 3.05. The first-order valence-electron chi connectivity index (χ1n) is 12.0. The van der Waals surface area contributed by atoms with Crippen LogP contribution >= 0.6 is 0 Å². The maximum atomic E-state index is 13.6. The first-order valence-corrected chi connectivity index (χ1v) is 12.0. The molecule has 0 radical (unpaired) electrons. The average Bonchev–Trinajstić information content (AvgIpc) is 3.50. The number of hydrogen-bond donors (Lipinski definition) is 0. The molecule has 180 valence electrons. The van der Waals surface area contributed by atoms with Crippen LogP contribution in [-0.2, 0) is 9.59 Å². The Hall–Kier alpha value is -4.85. The summed E-state index contributed by atoms with van der Waals surface area (Å²) in [6.45, 7) is 0. The molecule has 4 aliphatic rings. The predicted octanol–water partition coefficient (Wildman–Crippen LogP) is 5.08. The number of carbonyl (C=O) groups is 2. The number of carbonyl (C=O) groups excluding carboxylic acids is 2. The first-order chi connectivity index (χ1) is 18.0. The third-order valence-electron chi connectivity index (χ3n) is 7.72. The first kappa shape index (κ1) is 21.4. The van der Waals surface area contributed by atoms with E-state index in [0.29, 0.717) is 17.1 Å². The number of imide groups is 1. The van der Waals surface area contributed by atoms with Crippen LogP contribution in [0.1, 0.15) is 39.8 Å². The normalized spacial score (nSPS) is 23.3. The number of nitro benzene ring substituents is 1. The van der Waals surface area contributed by atoms with Crippen LogP contribution in [0.25, 0.3) is 11.3 Å². The molecule has 8 nitrogen and oxygen atoms in total. The molecule has 2 bridgehead atoms. The summed E-state index contributed by atoms with van der Waals surface area (Å²) in [5.41, 5.74) is 5.09. The summed E-state index contributed by atoms with van der Waals surface area (Å²) in [6.07, 6.45) is 1.37. The van der Waals surface area contributed by atoms with Crippen molar-refractivity contribution in [3.8, 4) is 11.3 Å². The minimum Gasteiger partial charge on any atom is -0.455 e. The second-order valence-corrected chi connectivity index (χ2v) is 9.50. The number of nitro groups is 1. The zero-order valence-electron chi connectivity index (χ0n) is 19.4. The van der Waals surface area contributed by atoms with E-state index in [4.69, 9.17) is 4.42 Å². The smallest absolute Gasteiger partial charge is 0.269 e. The van der Waals surface area contributed by atoms with E-state index >= 15 is 0 Å². The van der Waals surface area contributed by atoms with Crippen LogP contribution in [0.3, 0.4) is 0 Å². The molecule has 8 heteroatoms. The lowest BCUT2D eigenvalue weighted by atomic mass is 9.55. The molecule has 1 aliphatic heterocycles. The van der Waals surface area contributed by atoms with Crippen molar-refractivity contribution < 1.29 is 18.9 Å². The number of amides is 2. The van der Waals surface area contributed by atoms with Crippen LogP contribution in [0.5, 0.6) is 0 Å². The minimum atomic E-state index is -0.494. The van der Waals surface area contributed by atoms with Crippen molar-refractivity contribution in [2.24, 2.45) is 16.9 Å². The van der Waals surface area contributed by atoms with Crippen molar-refractivity contribution in [1.29, 1.82) is 0 Å².